The van der Waals surface area contributed by atoms with E-state index < -0.39 is 0 Å². The van der Waals surface area contributed by atoms with Crippen LogP contribution in [0.15, 0.2) is 30.3 Å². The monoisotopic (exact) mass is 273 g/mol. The van der Waals surface area contributed by atoms with E-state index >= 15 is 0 Å². The van der Waals surface area contributed by atoms with Gasteiger partial charge >= 0.3 is 0 Å². The van der Waals surface area contributed by atoms with Gasteiger partial charge in [0, 0.05) is 23.6 Å². The molecular formula is C18H27NO. The van der Waals surface area contributed by atoms with Gasteiger partial charge in [0.05, 0.1) is 0 Å². The van der Waals surface area contributed by atoms with E-state index in [4.69, 9.17) is 0 Å². The molecule has 110 valence electrons. The molecule has 0 bridgehead atoms. The first-order valence-corrected chi connectivity index (χ1v) is 7.76. The molecule has 0 saturated carbocycles. The highest BCUT2D eigenvalue weighted by Crippen LogP contribution is 2.30. The lowest BCUT2D eigenvalue weighted by Gasteiger charge is -2.34. The van der Waals surface area contributed by atoms with Crippen LogP contribution < -0.4 is 0 Å². The summed E-state index contributed by atoms with van der Waals surface area (Å²) >= 11 is 0. The van der Waals surface area contributed by atoms with Crippen molar-refractivity contribution in [2.75, 3.05) is 13.1 Å². The number of likely N-dealkylation sites (tertiary alicyclic amines) is 1. The number of benzene rings is 1. The van der Waals surface area contributed by atoms with Crippen molar-refractivity contribution in [1.82, 2.24) is 4.90 Å². The fourth-order valence-electron chi connectivity index (χ4n) is 3.36. The largest absolute Gasteiger partial charge is 0.299 e. The van der Waals surface area contributed by atoms with E-state index in [-0.39, 0.29) is 11.2 Å². The molecule has 0 spiro atoms. The third-order valence-electron chi connectivity index (χ3n) is 4.43. The molecule has 1 aliphatic heterocycles. The summed E-state index contributed by atoms with van der Waals surface area (Å²) in [5, 5.41) is 0. The number of carbonyl (C=O) groups is 1. The van der Waals surface area contributed by atoms with Crippen molar-refractivity contribution in [3.05, 3.63) is 35.9 Å². The summed E-state index contributed by atoms with van der Waals surface area (Å²) in [6, 6.07) is 10.3. The Kier molecular flexibility index (Phi) is 4.64. The second-order valence-electron chi connectivity index (χ2n) is 7.00. The minimum absolute atomic E-state index is 0.257. The zero-order valence-electron chi connectivity index (χ0n) is 13.2. The molecule has 1 fully saturated rings. The Labute approximate surface area is 123 Å². The first-order chi connectivity index (χ1) is 9.42. The summed E-state index contributed by atoms with van der Waals surface area (Å²) in [6.45, 7) is 10.7. The molecule has 1 atom stereocenters. The SMILES string of the molecule is CC(C)C1CCCN1CC(C)(C)C(=O)c1ccccc1. The van der Waals surface area contributed by atoms with Crippen LogP contribution >= 0.6 is 0 Å². The van der Waals surface area contributed by atoms with Crippen LogP contribution in [0.2, 0.25) is 0 Å². The molecule has 1 saturated heterocycles. The van der Waals surface area contributed by atoms with Crippen LogP contribution in [0.4, 0.5) is 0 Å². The molecule has 1 aromatic carbocycles. The zero-order chi connectivity index (χ0) is 14.8. The minimum atomic E-state index is -0.321. The summed E-state index contributed by atoms with van der Waals surface area (Å²) in [4.78, 5) is 15.2. The molecule has 0 aliphatic carbocycles. The minimum Gasteiger partial charge on any atom is -0.299 e. The van der Waals surface area contributed by atoms with Gasteiger partial charge < -0.3 is 0 Å². The molecule has 0 amide bonds. The standard InChI is InChI=1S/C18H27NO/c1-14(2)16-11-8-12-19(16)13-18(3,4)17(20)15-9-6-5-7-10-15/h5-7,9-10,14,16H,8,11-13H2,1-4H3. The fourth-order valence-corrected chi connectivity index (χ4v) is 3.36. The van der Waals surface area contributed by atoms with Crippen molar-refractivity contribution in [2.24, 2.45) is 11.3 Å². The van der Waals surface area contributed by atoms with E-state index in [1.807, 2.05) is 30.3 Å². The van der Waals surface area contributed by atoms with Crippen LogP contribution in [-0.4, -0.2) is 29.8 Å². The smallest absolute Gasteiger partial charge is 0.169 e. The van der Waals surface area contributed by atoms with Crippen LogP contribution in [0, 0.1) is 11.3 Å². The molecule has 1 aromatic rings. The zero-order valence-corrected chi connectivity index (χ0v) is 13.2. The number of nitrogens with zero attached hydrogens (tertiary/aromatic N) is 1. The number of rotatable bonds is 5. The normalized spacial score (nSPS) is 20.6. The molecule has 0 aromatic heterocycles. The Morgan fingerprint density at radius 3 is 2.55 bits per heavy atom. The summed E-state index contributed by atoms with van der Waals surface area (Å²) in [7, 11) is 0. The van der Waals surface area contributed by atoms with Crippen molar-refractivity contribution in [1.29, 1.82) is 0 Å². The highest BCUT2D eigenvalue weighted by molar-refractivity contribution is 6.00. The fraction of sp³-hybridized carbons (Fsp3) is 0.611. The first-order valence-electron chi connectivity index (χ1n) is 7.76. The van der Waals surface area contributed by atoms with Gasteiger partial charge in [0.25, 0.3) is 0 Å². The Hall–Kier alpha value is -1.15. The highest BCUT2D eigenvalue weighted by Gasteiger charge is 2.35. The molecule has 0 N–H and O–H groups in total. The molecule has 2 nitrogen and oxygen atoms in total. The number of hydrogen-bond donors (Lipinski definition) is 0. The maximum atomic E-state index is 12.7. The van der Waals surface area contributed by atoms with Gasteiger partial charge in [-0.3, -0.25) is 9.69 Å². The molecule has 1 aliphatic rings. The van der Waals surface area contributed by atoms with Gasteiger partial charge in [-0.2, -0.15) is 0 Å². The quantitative estimate of drug-likeness (QED) is 0.755. The van der Waals surface area contributed by atoms with E-state index in [9.17, 15) is 4.79 Å². The van der Waals surface area contributed by atoms with Gasteiger partial charge in [-0.1, -0.05) is 58.0 Å². The van der Waals surface area contributed by atoms with E-state index in [0.717, 1.165) is 18.7 Å². The van der Waals surface area contributed by atoms with E-state index in [0.29, 0.717) is 12.0 Å². The highest BCUT2D eigenvalue weighted by atomic mass is 16.1. The molecular weight excluding hydrogens is 246 g/mol. The van der Waals surface area contributed by atoms with Gasteiger partial charge in [-0.25, -0.2) is 0 Å². The van der Waals surface area contributed by atoms with Crippen LogP contribution in [0.25, 0.3) is 0 Å². The lowest BCUT2D eigenvalue weighted by Crippen LogP contribution is -2.43. The van der Waals surface area contributed by atoms with Gasteiger partial charge in [0.15, 0.2) is 5.78 Å². The van der Waals surface area contributed by atoms with E-state index in [1.54, 1.807) is 0 Å². The summed E-state index contributed by atoms with van der Waals surface area (Å²) < 4.78 is 0. The number of ketones is 1. The van der Waals surface area contributed by atoms with Gasteiger partial charge in [0.2, 0.25) is 0 Å². The average molecular weight is 273 g/mol. The van der Waals surface area contributed by atoms with Crippen LogP contribution in [0.1, 0.15) is 50.9 Å². The van der Waals surface area contributed by atoms with E-state index in [1.165, 1.54) is 12.8 Å². The number of hydrogen-bond acceptors (Lipinski definition) is 2. The van der Waals surface area contributed by atoms with Crippen molar-refractivity contribution in [2.45, 2.75) is 46.6 Å². The second-order valence-corrected chi connectivity index (χ2v) is 7.00. The Morgan fingerprint density at radius 2 is 1.95 bits per heavy atom. The molecule has 0 radical (unpaired) electrons. The molecule has 1 heterocycles. The Morgan fingerprint density at radius 1 is 1.30 bits per heavy atom. The third kappa shape index (κ3) is 3.29. The Bertz CT molecular complexity index is 450. The Balaban J connectivity index is 2.09. The molecule has 1 unspecified atom stereocenters. The molecule has 2 heteroatoms. The lowest BCUT2D eigenvalue weighted by atomic mass is 9.83. The number of carbonyl (C=O) groups excluding carboxylic acids is 1. The lowest BCUT2D eigenvalue weighted by molar-refractivity contribution is 0.0728. The third-order valence-corrected chi connectivity index (χ3v) is 4.43. The molecule has 20 heavy (non-hydrogen) atoms. The van der Waals surface area contributed by atoms with Gasteiger partial charge in [-0.15, -0.1) is 0 Å². The van der Waals surface area contributed by atoms with Gasteiger partial charge in [-0.05, 0) is 25.3 Å². The van der Waals surface area contributed by atoms with Crippen molar-refractivity contribution < 1.29 is 4.79 Å². The average Bonchev–Trinajstić information content (AvgIpc) is 2.86. The maximum Gasteiger partial charge on any atom is 0.169 e. The van der Waals surface area contributed by atoms with Crippen LogP contribution in [0.3, 0.4) is 0 Å². The topological polar surface area (TPSA) is 20.3 Å². The van der Waals surface area contributed by atoms with Gasteiger partial charge in [0.1, 0.15) is 0 Å². The number of Topliss-reactive ketones (excluding diaryl/α,β-unsaturated/α-hetero) is 1. The maximum absolute atomic E-state index is 12.7. The van der Waals surface area contributed by atoms with Crippen molar-refractivity contribution >= 4 is 5.78 Å². The van der Waals surface area contributed by atoms with Crippen molar-refractivity contribution in [3.63, 3.8) is 0 Å². The van der Waals surface area contributed by atoms with E-state index in [2.05, 4.69) is 32.6 Å². The first kappa shape index (κ1) is 15.2. The predicted molar refractivity (Wildman–Crippen MR) is 84.0 cm³/mol. The molecule has 2 rings (SSSR count). The predicted octanol–water partition coefficient (Wildman–Crippen LogP) is 4.02. The van der Waals surface area contributed by atoms with Crippen LogP contribution in [0.5, 0.6) is 0 Å². The summed E-state index contributed by atoms with van der Waals surface area (Å²) in [6.07, 6.45) is 2.53. The van der Waals surface area contributed by atoms with Crippen LogP contribution in [-0.2, 0) is 0 Å². The second kappa shape index (κ2) is 6.09. The summed E-state index contributed by atoms with van der Waals surface area (Å²) in [5.41, 5.74) is 0.511. The van der Waals surface area contributed by atoms with Crippen molar-refractivity contribution in [3.8, 4) is 0 Å². The summed E-state index contributed by atoms with van der Waals surface area (Å²) in [5.74, 6) is 0.924.